The zero-order valence-corrected chi connectivity index (χ0v) is 39.7. The molecule has 0 unspecified atom stereocenters. The minimum Gasteiger partial charge on any atom is -0.311 e. The van der Waals surface area contributed by atoms with Gasteiger partial charge in [0.2, 0.25) is 0 Å². The largest absolute Gasteiger partial charge is 0.311 e. The van der Waals surface area contributed by atoms with Crippen LogP contribution >= 0.6 is 0 Å². The summed E-state index contributed by atoms with van der Waals surface area (Å²) in [5.41, 5.74) is 22.2. The summed E-state index contributed by atoms with van der Waals surface area (Å²) < 4.78 is 16.3. The van der Waals surface area contributed by atoms with Crippen LogP contribution in [0.15, 0.2) is 231 Å². The molecule has 1 aromatic heterocycles. The van der Waals surface area contributed by atoms with E-state index in [2.05, 4.69) is 248 Å². The van der Waals surface area contributed by atoms with Gasteiger partial charge in [-0.3, -0.25) is 0 Å². The summed E-state index contributed by atoms with van der Waals surface area (Å²) in [5, 5.41) is 2.34. The van der Waals surface area contributed by atoms with E-state index < -0.39 is 0 Å². The number of rotatable bonds is 8. The number of nitrogens with zero attached hydrogens (tertiary/aromatic N) is 3. The molecule has 3 nitrogen and oxygen atoms in total. The lowest BCUT2D eigenvalue weighted by atomic mass is 9.81. The minimum atomic E-state index is -0.275. The molecule has 2 aliphatic carbocycles. The Morgan fingerprint density at radius 1 is 0.329 bits per heavy atom. The summed E-state index contributed by atoms with van der Waals surface area (Å²) in [6.07, 6.45) is 0. The van der Waals surface area contributed by atoms with Crippen LogP contribution in [-0.4, -0.2) is 4.57 Å². The van der Waals surface area contributed by atoms with Crippen LogP contribution in [0.25, 0.3) is 60.9 Å². The summed E-state index contributed by atoms with van der Waals surface area (Å²) in [6.45, 7) is 9.47. The third-order valence-corrected chi connectivity index (χ3v) is 15.2. The highest BCUT2D eigenvalue weighted by Gasteiger charge is 2.38. The predicted molar refractivity (Wildman–Crippen MR) is 291 cm³/mol. The summed E-state index contributed by atoms with van der Waals surface area (Å²) in [6, 6.07) is 82.3. The number of hydrogen-bond donors (Lipinski definition) is 0. The second-order valence-corrected chi connectivity index (χ2v) is 19.9. The Labute approximate surface area is 409 Å². The number of benzene rings is 10. The lowest BCUT2D eigenvalue weighted by Crippen LogP contribution is -2.18. The molecule has 0 amide bonds. The number of hydrogen-bond acceptors (Lipinski definition) is 2. The van der Waals surface area contributed by atoms with Crippen molar-refractivity contribution in [3.63, 3.8) is 0 Å². The summed E-state index contributed by atoms with van der Waals surface area (Å²) in [4.78, 5) is 4.76. The molecule has 0 atom stereocenters. The van der Waals surface area contributed by atoms with Crippen molar-refractivity contribution in [3.05, 3.63) is 259 Å². The Hall–Kier alpha value is -8.47. The Bertz CT molecular complexity index is 3790. The molecule has 0 aliphatic heterocycles. The fraction of sp³-hybridized carbons (Fsp3) is 0.0909. The first kappa shape index (κ1) is 41.7. The standard InChI is InChI=1S/C66H50FN3/c1-65(2)59-21-13-11-19-53(59)55-36-33-51(41-61(55)65)69(49-31-29-48(30-32-49)68(46-15-7-5-8-16-46)47-17-9-6-10-18-47)52-34-37-56-54-35-23-44(40-60(54)66(3,4)62(56)42-52)43-24-38-64-58(39-43)57-20-12-14-22-63(57)70(64)50-27-25-45(67)26-28-50/h5-42H,1-4H3. The molecule has 2 aliphatic rings. The zero-order valence-electron chi connectivity index (χ0n) is 39.7. The van der Waals surface area contributed by atoms with E-state index >= 15 is 0 Å². The van der Waals surface area contributed by atoms with Crippen LogP contribution in [0.5, 0.6) is 0 Å². The molecular formula is C66H50FN3. The van der Waals surface area contributed by atoms with Crippen molar-refractivity contribution in [1.29, 1.82) is 0 Å². The van der Waals surface area contributed by atoms with Gasteiger partial charge in [0.05, 0.1) is 11.0 Å². The molecule has 0 N–H and O–H groups in total. The van der Waals surface area contributed by atoms with E-state index in [1.54, 1.807) is 0 Å². The summed E-state index contributed by atoms with van der Waals surface area (Å²) in [5.74, 6) is -0.239. The first-order valence-electron chi connectivity index (χ1n) is 24.3. The van der Waals surface area contributed by atoms with Crippen molar-refractivity contribution in [2.24, 2.45) is 0 Å². The average Bonchev–Trinajstić information content (AvgIpc) is 3.94. The number of aromatic nitrogens is 1. The van der Waals surface area contributed by atoms with Gasteiger partial charge in [0.15, 0.2) is 0 Å². The van der Waals surface area contributed by atoms with Crippen molar-refractivity contribution in [2.45, 2.75) is 38.5 Å². The van der Waals surface area contributed by atoms with Gasteiger partial charge >= 0.3 is 0 Å². The van der Waals surface area contributed by atoms with Gasteiger partial charge < -0.3 is 14.4 Å². The lowest BCUT2D eigenvalue weighted by molar-refractivity contribution is 0.627. The van der Waals surface area contributed by atoms with Gasteiger partial charge in [0.1, 0.15) is 5.82 Å². The van der Waals surface area contributed by atoms with Crippen molar-refractivity contribution < 1.29 is 4.39 Å². The summed E-state index contributed by atoms with van der Waals surface area (Å²) in [7, 11) is 0. The highest BCUT2D eigenvalue weighted by Crippen LogP contribution is 2.54. The van der Waals surface area contributed by atoms with Gasteiger partial charge in [-0.15, -0.1) is 0 Å². The van der Waals surface area contributed by atoms with Crippen molar-refractivity contribution >= 4 is 55.9 Å². The molecule has 0 spiro atoms. The van der Waals surface area contributed by atoms with Crippen LogP contribution in [0.2, 0.25) is 0 Å². The Morgan fingerprint density at radius 3 is 1.39 bits per heavy atom. The van der Waals surface area contributed by atoms with Gasteiger partial charge in [-0.05, 0) is 177 Å². The Kier molecular flexibility index (Phi) is 9.41. The van der Waals surface area contributed by atoms with Gasteiger partial charge in [-0.25, -0.2) is 4.39 Å². The van der Waals surface area contributed by atoms with Crippen LogP contribution in [0.3, 0.4) is 0 Å². The molecule has 0 fully saturated rings. The van der Waals surface area contributed by atoms with E-state index in [9.17, 15) is 4.39 Å². The second-order valence-electron chi connectivity index (χ2n) is 19.9. The first-order valence-corrected chi connectivity index (χ1v) is 24.3. The smallest absolute Gasteiger partial charge is 0.123 e. The summed E-state index contributed by atoms with van der Waals surface area (Å²) >= 11 is 0. The first-order chi connectivity index (χ1) is 34.1. The molecule has 0 saturated carbocycles. The SMILES string of the molecule is CC1(C)c2ccccc2-c2ccc(N(c3ccc(N(c4ccccc4)c4ccccc4)cc3)c3ccc4c(c3)C(C)(C)c3cc(-c5ccc6c(c5)c5ccccc5n6-c5ccc(F)cc5)ccc3-4)cc21. The van der Waals surface area contributed by atoms with Gasteiger partial charge in [0, 0.05) is 61.4 Å². The quantitative estimate of drug-likeness (QED) is 0.151. The third-order valence-electron chi connectivity index (χ3n) is 15.2. The van der Waals surface area contributed by atoms with Gasteiger partial charge in [-0.2, -0.15) is 0 Å². The topological polar surface area (TPSA) is 11.4 Å². The van der Waals surface area contributed by atoms with Crippen LogP contribution in [0.4, 0.5) is 38.5 Å². The maximum atomic E-state index is 14.0. The molecule has 10 aromatic carbocycles. The fourth-order valence-corrected chi connectivity index (χ4v) is 11.7. The number of anilines is 6. The predicted octanol–water partition coefficient (Wildman–Crippen LogP) is 18.1. The average molecular weight is 904 g/mol. The van der Waals surface area contributed by atoms with Crippen LogP contribution in [0.1, 0.15) is 49.9 Å². The molecule has 1 heterocycles. The van der Waals surface area contributed by atoms with E-state index in [0.717, 1.165) is 50.8 Å². The van der Waals surface area contributed by atoms with E-state index in [1.165, 1.54) is 78.5 Å². The van der Waals surface area contributed by atoms with Crippen LogP contribution in [-0.2, 0) is 10.8 Å². The minimum absolute atomic E-state index is 0.146. The third kappa shape index (κ3) is 6.47. The lowest BCUT2D eigenvalue weighted by Gasteiger charge is -2.30. The van der Waals surface area contributed by atoms with E-state index in [4.69, 9.17) is 0 Å². The molecule has 70 heavy (non-hydrogen) atoms. The maximum Gasteiger partial charge on any atom is 0.123 e. The van der Waals surface area contributed by atoms with E-state index in [0.29, 0.717) is 0 Å². The van der Waals surface area contributed by atoms with Crippen molar-refractivity contribution in [1.82, 2.24) is 4.57 Å². The Morgan fingerprint density at radius 2 is 0.757 bits per heavy atom. The second kappa shape index (κ2) is 15.8. The van der Waals surface area contributed by atoms with Crippen molar-refractivity contribution in [3.8, 4) is 39.1 Å². The Balaban J connectivity index is 0.909. The van der Waals surface area contributed by atoms with Crippen LogP contribution < -0.4 is 9.80 Å². The molecule has 13 rings (SSSR count). The van der Waals surface area contributed by atoms with E-state index in [-0.39, 0.29) is 16.6 Å². The normalized spacial score (nSPS) is 13.7. The number of para-hydroxylation sites is 3. The van der Waals surface area contributed by atoms with Crippen molar-refractivity contribution in [2.75, 3.05) is 9.80 Å². The van der Waals surface area contributed by atoms with Crippen LogP contribution in [0, 0.1) is 5.82 Å². The van der Waals surface area contributed by atoms with Gasteiger partial charge in [0.25, 0.3) is 0 Å². The monoisotopic (exact) mass is 903 g/mol. The fourth-order valence-electron chi connectivity index (χ4n) is 11.7. The highest BCUT2D eigenvalue weighted by atomic mass is 19.1. The van der Waals surface area contributed by atoms with E-state index in [1.807, 2.05) is 12.1 Å². The molecule has 4 heteroatoms. The molecule has 0 radical (unpaired) electrons. The number of halogens is 1. The molecule has 0 saturated heterocycles. The molecular weight excluding hydrogens is 854 g/mol. The molecule has 0 bridgehead atoms. The zero-order chi connectivity index (χ0) is 47.3. The molecule has 336 valence electrons. The van der Waals surface area contributed by atoms with Gasteiger partial charge in [-0.1, -0.05) is 137 Å². The number of fused-ring (bicyclic) bond motifs is 9. The maximum absolute atomic E-state index is 14.0. The highest BCUT2D eigenvalue weighted by molar-refractivity contribution is 6.10. The molecule has 11 aromatic rings.